The van der Waals surface area contributed by atoms with Gasteiger partial charge in [-0.05, 0) is 51.6 Å². The largest absolute Gasteiger partial charge is 0.385 e. The zero-order valence-electron chi connectivity index (χ0n) is 12.8. The molecule has 2 fully saturated rings. The van der Waals surface area contributed by atoms with Gasteiger partial charge < -0.3 is 15.0 Å². The average Bonchev–Trinajstić information content (AvgIpc) is 2.39. The summed E-state index contributed by atoms with van der Waals surface area (Å²) in [5.41, 5.74) is -0.0775. The molecule has 0 radical (unpaired) electrons. The summed E-state index contributed by atoms with van der Waals surface area (Å²) >= 11 is 0. The Morgan fingerprint density at radius 2 is 2.00 bits per heavy atom. The Bertz CT molecular complexity index is 300. The van der Waals surface area contributed by atoms with E-state index < -0.39 is 0 Å². The molecule has 5 heteroatoms. The summed E-state index contributed by atoms with van der Waals surface area (Å²) in [6.45, 7) is 3.68. The highest BCUT2D eigenvalue weighted by molar-refractivity contribution is 5.85. The zero-order valence-corrected chi connectivity index (χ0v) is 13.6. The molecule has 1 aliphatic heterocycles. The number of ether oxygens (including phenoxy) is 1. The molecule has 1 saturated heterocycles. The number of amides is 1. The van der Waals surface area contributed by atoms with Crippen molar-refractivity contribution in [1.29, 1.82) is 0 Å². The van der Waals surface area contributed by atoms with Gasteiger partial charge in [0.2, 0.25) is 5.91 Å². The van der Waals surface area contributed by atoms with Gasteiger partial charge in [-0.2, -0.15) is 0 Å². The lowest BCUT2D eigenvalue weighted by Crippen LogP contribution is -2.51. The average molecular weight is 305 g/mol. The second-order valence-electron chi connectivity index (χ2n) is 6.17. The molecule has 1 aliphatic carbocycles. The number of carbonyl (C=O) groups is 1. The van der Waals surface area contributed by atoms with Crippen LogP contribution in [0.25, 0.3) is 0 Å². The summed E-state index contributed by atoms with van der Waals surface area (Å²) in [6.07, 6.45) is 6.52. The Morgan fingerprint density at radius 3 is 2.45 bits per heavy atom. The lowest BCUT2D eigenvalue weighted by Gasteiger charge is -2.45. The molecule has 2 rings (SSSR count). The van der Waals surface area contributed by atoms with Gasteiger partial charge in [0, 0.05) is 26.8 Å². The van der Waals surface area contributed by atoms with E-state index in [0.29, 0.717) is 12.5 Å². The van der Waals surface area contributed by atoms with Gasteiger partial charge in [0.25, 0.3) is 0 Å². The molecule has 1 saturated carbocycles. The van der Waals surface area contributed by atoms with Crippen molar-refractivity contribution in [3.8, 4) is 0 Å². The normalized spacial score (nSPS) is 22.0. The quantitative estimate of drug-likeness (QED) is 0.817. The van der Waals surface area contributed by atoms with Crippen molar-refractivity contribution in [1.82, 2.24) is 10.2 Å². The van der Waals surface area contributed by atoms with Crippen LogP contribution in [0, 0.1) is 11.3 Å². The molecule has 118 valence electrons. The van der Waals surface area contributed by atoms with Crippen molar-refractivity contribution >= 4 is 18.3 Å². The minimum atomic E-state index is -0.0775. The summed E-state index contributed by atoms with van der Waals surface area (Å²) in [6, 6.07) is 0. The summed E-state index contributed by atoms with van der Waals surface area (Å²) in [5, 5.41) is 3.24. The maximum Gasteiger partial charge on any atom is 0.228 e. The standard InChI is InChI=1S/C15H28N2O2.ClH/c1-16-12-13-4-9-17(10-5-13)14(18)15(6-3-7-15)8-11-19-2;/h13,16H,3-12H2,1-2H3;1H. The fourth-order valence-electron chi connectivity index (χ4n) is 3.44. The van der Waals surface area contributed by atoms with Gasteiger partial charge >= 0.3 is 0 Å². The highest BCUT2D eigenvalue weighted by Gasteiger charge is 2.46. The third-order valence-corrected chi connectivity index (χ3v) is 4.94. The van der Waals surface area contributed by atoms with E-state index in [1.54, 1.807) is 7.11 Å². The van der Waals surface area contributed by atoms with E-state index in [1.165, 1.54) is 6.42 Å². The smallest absolute Gasteiger partial charge is 0.228 e. The van der Waals surface area contributed by atoms with Crippen LogP contribution in [0.5, 0.6) is 0 Å². The molecule has 0 atom stereocenters. The van der Waals surface area contributed by atoms with Gasteiger partial charge in [0.1, 0.15) is 0 Å². The monoisotopic (exact) mass is 304 g/mol. The van der Waals surface area contributed by atoms with E-state index in [9.17, 15) is 4.79 Å². The second-order valence-corrected chi connectivity index (χ2v) is 6.17. The molecular formula is C15H29ClN2O2. The number of methoxy groups -OCH3 is 1. The number of hydrogen-bond acceptors (Lipinski definition) is 3. The molecule has 20 heavy (non-hydrogen) atoms. The van der Waals surface area contributed by atoms with Gasteiger partial charge in [0.15, 0.2) is 0 Å². The van der Waals surface area contributed by atoms with Gasteiger partial charge in [-0.15, -0.1) is 12.4 Å². The van der Waals surface area contributed by atoms with Crippen LogP contribution in [-0.4, -0.2) is 51.2 Å². The molecular weight excluding hydrogens is 276 g/mol. The van der Waals surface area contributed by atoms with Gasteiger partial charge in [-0.25, -0.2) is 0 Å². The first kappa shape index (κ1) is 17.7. The van der Waals surface area contributed by atoms with E-state index in [1.807, 2.05) is 7.05 Å². The minimum absolute atomic E-state index is 0. The molecule has 0 bridgehead atoms. The predicted molar refractivity (Wildman–Crippen MR) is 83.3 cm³/mol. The number of carbonyl (C=O) groups excluding carboxylic acids is 1. The Hall–Kier alpha value is -0.320. The van der Waals surface area contributed by atoms with Gasteiger partial charge in [-0.3, -0.25) is 4.79 Å². The molecule has 0 aromatic heterocycles. The Labute approximate surface area is 129 Å². The Kier molecular flexibility index (Phi) is 7.27. The first-order valence-electron chi connectivity index (χ1n) is 7.65. The number of halogens is 1. The second kappa shape index (κ2) is 8.20. The molecule has 0 spiro atoms. The van der Waals surface area contributed by atoms with Crippen LogP contribution < -0.4 is 5.32 Å². The Morgan fingerprint density at radius 1 is 1.35 bits per heavy atom. The fourth-order valence-corrected chi connectivity index (χ4v) is 3.44. The van der Waals surface area contributed by atoms with Crippen LogP contribution in [-0.2, 0) is 9.53 Å². The van der Waals surface area contributed by atoms with Crippen LogP contribution in [0.3, 0.4) is 0 Å². The summed E-state index contributed by atoms with van der Waals surface area (Å²) in [7, 11) is 3.73. The van der Waals surface area contributed by atoms with Gasteiger partial charge in [0.05, 0.1) is 5.41 Å². The van der Waals surface area contributed by atoms with Crippen LogP contribution in [0.4, 0.5) is 0 Å². The highest BCUT2D eigenvalue weighted by Crippen LogP contribution is 2.45. The summed E-state index contributed by atoms with van der Waals surface area (Å²) in [4.78, 5) is 14.8. The number of piperidine rings is 1. The lowest BCUT2D eigenvalue weighted by atomic mass is 9.65. The van der Waals surface area contributed by atoms with E-state index in [0.717, 1.165) is 57.7 Å². The zero-order chi connectivity index (χ0) is 13.7. The molecule has 4 nitrogen and oxygen atoms in total. The first-order chi connectivity index (χ1) is 9.22. The van der Waals surface area contributed by atoms with Crippen LogP contribution >= 0.6 is 12.4 Å². The van der Waals surface area contributed by atoms with Crippen molar-refractivity contribution in [3.63, 3.8) is 0 Å². The fraction of sp³-hybridized carbons (Fsp3) is 0.933. The number of rotatable bonds is 6. The number of hydrogen-bond donors (Lipinski definition) is 1. The summed E-state index contributed by atoms with van der Waals surface area (Å²) in [5.74, 6) is 1.14. The topological polar surface area (TPSA) is 41.6 Å². The van der Waals surface area contributed by atoms with E-state index in [-0.39, 0.29) is 17.8 Å². The third-order valence-electron chi connectivity index (χ3n) is 4.94. The number of nitrogens with one attached hydrogen (secondary N) is 1. The van der Waals surface area contributed by atoms with Crippen molar-refractivity contribution in [2.45, 2.75) is 38.5 Å². The summed E-state index contributed by atoms with van der Waals surface area (Å²) < 4.78 is 5.18. The number of likely N-dealkylation sites (tertiary alicyclic amines) is 1. The van der Waals surface area contributed by atoms with Crippen LogP contribution in [0.15, 0.2) is 0 Å². The van der Waals surface area contributed by atoms with E-state index >= 15 is 0 Å². The number of nitrogens with zero attached hydrogens (tertiary/aromatic N) is 1. The van der Waals surface area contributed by atoms with E-state index in [4.69, 9.17) is 4.74 Å². The minimum Gasteiger partial charge on any atom is -0.385 e. The van der Waals surface area contributed by atoms with Gasteiger partial charge in [-0.1, -0.05) is 6.42 Å². The first-order valence-corrected chi connectivity index (χ1v) is 7.65. The van der Waals surface area contributed by atoms with Crippen molar-refractivity contribution in [2.75, 3.05) is 40.4 Å². The lowest BCUT2D eigenvalue weighted by molar-refractivity contribution is -0.150. The molecule has 1 heterocycles. The highest BCUT2D eigenvalue weighted by atomic mass is 35.5. The van der Waals surface area contributed by atoms with Crippen molar-refractivity contribution in [2.24, 2.45) is 11.3 Å². The molecule has 1 amide bonds. The predicted octanol–water partition coefficient (Wildman–Crippen LogP) is 2.07. The molecule has 0 aromatic rings. The van der Waals surface area contributed by atoms with E-state index in [2.05, 4.69) is 10.2 Å². The third kappa shape index (κ3) is 3.86. The molecule has 0 aromatic carbocycles. The van der Waals surface area contributed by atoms with Crippen LogP contribution in [0.1, 0.15) is 38.5 Å². The SMILES string of the molecule is CNCC1CCN(C(=O)C2(CCOC)CCC2)CC1.Cl. The van der Waals surface area contributed by atoms with Crippen molar-refractivity contribution < 1.29 is 9.53 Å². The molecule has 0 unspecified atom stereocenters. The Balaban J connectivity index is 0.00000200. The van der Waals surface area contributed by atoms with Crippen LogP contribution in [0.2, 0.25) is 0 Å². The van der Waals surface area contributed by atoms with Crippen molar-refractivity contribution in [3.05, 3.63) is 0 Å². The molecule has 1 N–H and O–H groups in total. The molecule has 2 aliphatic rings. The maximum atomic E-state index is 12.7. The maximum absolute atomic E-state index is 12.7.